The van der Waals surface area contributed by atoms with Crippen molar-refractivity contribution in [1.82, 2.24) is 15.8 Å². The van der Waals surface area contributed by atoms with Crippen LogP contribution in [0.4, 0.5) is 0 Å². The second kappa shape index (κ2) is 2.90. The molecule has 0 radical (unpaired) electrons. The fourth-order valence-electron chi connectivity index (χ4n) is 0.981. The molecule has 2 heterocycles. The Bertz CT molecular complexity index is 176. The zero-order valence-corrected chi connectivity index (χ0v) is 6.15. The number of fused-ring (bicyclic) bond motifs is 1. The molecule has 0 aromatic heterocycles. The molecule has 0 amide bonds. The van der Waals surface area contributed by atoms with Crippen LogP contribution in [0.3, 0.4) is 0 Å². The zero-order chi connectivity index (χ0) is 6.10. The van der Waals surface area contributed by atoms with E-state index in [9.17, 15) is 0 Å². The summed E-state index contributed by atoms with van der Waals surface area (Å²) < 4.78 is 0. The van der Waals surface area contributed by atoms with Crippen LogP contribution in [0, 0.1) is 0 Å². The first-order valence-electron chi connectivity index (χ1n) is 2.98. The standard InChI is InChI=1S/C5H8N4.ClH/c1-2-9-4-7-8-5(9)3-6-1;/h1,3,7-8H,2,4H2;1H. The fraction of sp³-hybridized carbons (Fsp3) is 0.400. The number of hydrogen-bond acceptors (Lipinski definition) is 3. The van der Waals surface area contributed by atoms with E-state index in [2.05, 4.69) is 20.7 Å². The van der Waals surface area contributed by atoms with Crippen molar-refractivity contribution < 1.29 is 17.4 Å². The van der Waals surface area contributed by atoms with Gasteiger partial charge in [-0.25, -0.2) is 10.4 Å². The molecule has 0 atom stereocenters. The number of rotatable bonds is 0. The Morgan fingerprint density at radius 1 is 1.60 bits per heavy atom. The monoisotopic (exact) mass is 160 g/mol. The van der Waals surface area contributed by atoms with E-state index in [1.165, 1.54) is 0 Å². The molecule has 3 N–H and O–H groups in total. The van der Waals surface area contributed by atoms with E-state index in [0.29, 0.717) is 0 Å². The van der Waals surface area contributed by atoms with Gasteiger partial charge in [0.25, 0.3) is 0 Å². The minimum absolute atomic E-state index is 0. The van der Waals surface area contributed by atoms with Gasteiger partial charge >= 0.3 is 0 Å². The van der Waals surface area contributed by atoms with E-state index >= 15 is 0 Å². The lowest BCUT2D eigenvalue weighted by atomic mass is 10.5. The Labute approximate surface area is 65.4 Å². The molecule has 10 heavy (non-hydrogen) atoms. The van der Waals surface area contributed by atoms with Gasteiger partial charge in [-0.3, -0.25) is 0 Å². The third-order valence-corrected chi connectivity index (χ3v) is 1.48. The van der Waals surface area contributed by atoms with E-state index in [-0.39, 0.29) is 12.4 Å². The maximum absolute atomic E-state index is 3.02. The summed E-state index contributed by atoms with van der Waals surface area (Å²) in [5.74, 6) is 1.12. The molecular formula is C5H9ClN4. The summed E-state index contributed by atoms with van der Waals surface area (Å²) >= 11 is 0. The van der Waals surface area contributed by atoms with Crippen LogP contribution >= 0.6 is 0 Å². The summed E-state index contributed by atoms with van der Waals surface area (Å²) in [7, 11) is 0. The molecule has 0 spiro atoms. The van der Waals surface area contributed by atoms with E-state index in [1.54, 1.807) is 0 Å². The van der Waals surface area contributed by atoms with Gasteiger partial charge in [-0.15, -0.1) is 0 Å². The number of halogens is 1. The van der Waals surface area contributed by atoms with Gasteiger partial charge in [0.05, 0.1) is 13.2 Å². The molecule has 1 fully saturated rings. The number of hydrazine groups is 1. The van der Waals surface area contributed by atoms with Crippen molar-refractivity contribution in [3.8, 4) is 0 Å². The summed E-state index contributed by atoms with van der Waals surface area (Å²) in [6, 6.07) is 0. The Kier molecular flexibility index (Phi) is 2.13. The maximum atomic E-state index is 3.02. The Morgan fingerprint density at radius 2 is 2.50 bits per heavy atom. The summed E-state index contributed by atoms with van der Waals surface area (Å²) in [5.41, 5.74) is 6.02. The smallest absolute Gasteiger partial charge is 0.208 e. The molecule has 2 rings (SSSR count). The van der Waals surface area contributed by atoms with Crippen molar-refractivity contribution in [1.29, 1.82) is 0 Å². The topological polar surface area (TPSA) is 41.3 Å². The molecular weight excluding hydrogens is 152 g/mol. The van der Waals surface area contributed by atoms with Gasteiger partial charge in [0.1, 0.15) is 0 Å². The lowest BCUT2D eigenvalue weighted by Crippen LogP contribution is -3.00. The third-order valence-electron chi connectivity index (χ3n) is 1.48. The highest BCUT2D eigenvalue weighted by atomic mass is 35.5. The van der Waals surface area contributed by atoms with Gasteiger partial charge in [0.15, 0.2) is 12.0 Å². The van der Waals surface area contributed by atoms with Crippen molar-refractivity contribution >= 4 is 6.21 Å². The lowest BCUT2D eigenvalue weighted by molar-refractivity contribution is -0.373. The van der Waals surface area contributed by atoms with Crippen LogP contribution in [0.5, 0.6) is 0 Å². The van der Waals surface area contributed by atoms with Crippen molar-refractivity contribution in [3.05, 3.63) is 12.0 Å². The minimum atomic E-state index is 0. The highest BCUT2D eigenvalue weighted by molar-refractivity contribution is 5.54. The summed E-state index contributed by atoms with van der Waals surface area (Å²) in [4.78, 5) is 5.22. The average Bonchev–Trinajstić information content (AvgIpc) is 2.33. The van der Waals surface area contributed by atoms with Gasteiger partial charge in [-0.05, 0) is 0 Å². The number of nitrogens with one attached hydrogen (secondary N) is 3. The van der Waals surface area contributed by atoms with Crippen LogP contribution in [-0.4, -0.2) is 24.3 Å². The molecule has 0 aliphatic carbocycles. The van der Waals surface area contributed by atoms with Crippen LogP contribution in [0.15, 0.2) is 12.0 Å². The predicted molar refractivity (Wildman–Crippen MR) is 33.0 cm³/mol. The molecule has 2 aliphatic heterocycles. The summed E-state index contributed by atoms with van der Waals surface area (Å²) in [6.45, 7) is 1.86. The minimum Gasteiger partial charge on any atom is -1.00 e. The zero-order valence-electron chi connectivity index (χ0n) is 5.39. The first kappa shape index (κ1) is 7.37. The first-order valence-corrected chi connectivity index (χ1v) is 2.98. The molecule has 0 unspecified atom stereocenters. The Hall–Kier alpha value is -0.740. The largest absolute Gasteiger partial charge is 1.00 e. The fourth-order valence-corrected chi connectivity index (χ4v) is 0.981. The lowest BCUT2D eigenvalue weighted by Gasteiger charge is -2.12. The van der Waals surface area contributed by atoms with Crippen molar-refractivity contribution in [3.63, 3.8) is 0 Å². The van der Waals surface area contributed by atoms with Crippen LogP contribution < -0.4 is 28.3 Å². The van der Waals surface area contributed by atoms with E-state index in [1.807, 2.05) is 12.4 Å². The molecule has 0 bridgehead atoms. The molecule has 1 saturated heterocycles. The molecule has 4 nitrogen and oxygen atoms in total. The summed E-state index contributed by atoms with van der Waals surface area (Å²) in [5, 5.41) is 0. The molecule has 56 valence electrons. The van der Waals surface area contributed by atoms with Crippen LogP contribution in [-0.2, 0) is 0 Å². The van der Waals surface area contributed by atoms with Gasteiger partial charge in [-0.2, -0.15) is 0 Å². The number of hydrogen-bond donors (Lipinski definition) is 3. The highest BCUT2D eigenvalue weighted by Gasteiger charge is 2.18. The molecule has 0 saturated carbocycles. The van der Waals surface area contributed by atoms with E-state index in [0.717, 1.165) is 19.0 Å². The Morgan fingerprint density at radius 3 is 3.30 bits per heavy atom. The second-order valence-electron chi connectivity index (χ2n) is 2.08. The van der Waals surface area contributed by atoms with E-state index in [4.69, 9.17) is 0 Å². The molecule has 0 aromatic rings. The van der Waals surface area contributed by atoms with Crippen molar-refractivity contribution in [2.75, 3.05) is 13.2 Å². The van der Waals surface area contributed by atoms with Gasteiger partial charge in [0, 0.05) is 0 Å². The third kappa shape index (κ3) is 1.08. The quantitative estimate of drug-likeness (QED) is 0.331. The molecule has 0 aromatic carbocycles. The maximum Gasteiger partial charge on any atom is 0.208 e. The average molecular weight is 161 g/mol. The van der Waals surface area contributed by atoms with Gasteiger partial charge in [0.2, 0.25) is 6.20 Å². The van der Waals surface area contributed by atoms with Crippen molar-refractivity contribution in [2.45, 2.75) is 0 Å². The second-order valence-corrected chi connectivity index (χ2v) is 2.08. The summed E-state index contributed by atoms with van der Waals surface area (Å²) in [6.07, 6.45) is 3.95. The van der Waals surface area contributed by atoms with Crippen molar-refractivity contribution in [2.24, 2.45) is 0 Å². The predicted octanol–water partition coefficient (Wildman–Crippen LogP) is -5.68. The first-order chi connectivity index (χ1) is 4.47. The van der Waals surface area contributed by atoms with Crippen LogP contribution in [0.2, 0.25) is 0 Å². The Balaban J connectivity index is 0.000000500. The SMILES string of the molecule is C1=[NH+]C=C2NNCN2C1.[Cl-]. The van der Waals surface area contributed by atoms with E-state index < -0.39 is 0 Å². The van der Waals surface area contributed by atoms with Gasteiger partial charge < -0.3 is 22.7 Å². The highest BCUT2D eigenvalue weighted by Crippen LogP contribution is 1.99. The molecule has 5 heteroatoms. The van der Waals surface area contributed by atoms with Crippen LogP contribution in [0.1, 0.15) is 0 Å². The van der Waals surface area contributed by atoms with Gasteiger partial charge in [-0.1, -0.05) is 0 Å². The number of nitrogens with zero attached hydrogens (tertiary/aromatic N) is 1. The van der Waals surface area contributed by atoms with Crippen LogP contribution in [0.25, 0.3) is 0 Å². The normalized spacial score (nSPS) is 20.8. The molecule has 2 aliphatic rings.